The largest absolute Gasteiger partial charge is 0.330 e. The molecule has 0 spiro atoms. The fourth-order valence-electron chi connectivity index (χ4n) is 2.36. The summed E-state index contributed by atoms with van der Waals surface area (Å²) in [5, 5.41) is 1.27. The molecule has 1 atom stereocenters. The molecule has 1 aliphatic rings. The third kappa shape index (κ3) is 2.62. The molecule has 4 heteroatoms. The Hall–Kier alpha value is -0.450. The maximum Gasteiger partial charge on any atom is 0.0931 e. The molecule has 1 aromatic rings. The Morgan fingerprint density at radius 1 is 1.56 bits per heavy atom. The van der Waals surface area contributed by atoms with Crippen molar-refractivity contribution in [1.29, 1.82) is 0 Å². The molecule has 2 rings (SSSR count). The summed E-state index contributed by atoms with van der Waals surface area (Å²) in [4.78, 5) is 8.60. The Labute approximate surface area is 102 Å². The lowest BCUT2D eigenvalue weighted by Gasteiger charge is -2.08. The van der Waals surface area contributed by atoms with Crippen molar-refractivity contribution < 1.29 is 0 Å². The van der Waals surface area contributed by atoms with Crippen molar-refractivity contribution in [1.82, 2.24) is 9.88 Å². The highest BCUT2D eigenvalue weighted by Crippen LogP contribution is 2.31. The van der Waals surface area contributed by atoms with Crippen LogP contribution in [0, 0.1) is 6.92 Å². The SMILES string of the molecule is Cc1sc(CCCN)nc1C1CCN(C)C1. The molecular formula is C12H21N3S. The first kappa shape index (κ1) is 12.0. The van der Waals surface area contributed by atoms with Crippen LogP contribution in [0.3, 0.4) is 0 Å². The molecule has 0 aromatic carbocycles. The lowest BCUT2D eigenvalue weighted by molar-refractivity contribution is 0.410. The zero-order valence-corrected chi connectivity index (χ0v) is 11.0. The van der Waals surface area contributed by atoms with Crippen LogP contribution in [0.1, 0.15) is 34.3 Å². The van der Waals surface area contributed by atoms with Crippen molar-refractivity contribution in [2.75, 3.05) is 26.7 Å². The molecule has 3 nitrogen and oxygen atoms in total. The molecule has 0 bridgehead atoms. The fraction of sp³-hybridized carbons (Fsp3) is 0.750. The number of aryl methyl sites for hydroxylation is 2. The summed E-state index contributed by atoms with van der Waals surface area (Å²) in [7, 11) is 2.19. The van der Waals surface area contributed by atoms with Crippen LogP contribution >= 0.6 is 11.3 Å². The average Bonchev–Trinajstić information content (AvgIpc) is 2.82. The highest BCUT2D eigenvalue weighted by molar-refractivity contribution is 7.11. The van der Waals surface area contributed by atoms with Gasteiger partial charge < -0.3 is 10.6 Å². The molecule has 16 heavy (non-hydrogen) atoms. The second kappa shape index (κ2) is 5.25. The Balaban J connectivity index is 2.06. The van der Waals surface area contributed by atoms with Crippen LogP contribution in [0.25, 0.3) is 0 Å². The molecule has 0 saturated carbocycles. The Morgan fingerprint density at radius 3 is 3.00 bits per heavy atom. The van der Waals surface area contributed by atoms with Crippen LogP contribution in [0.5, 0.6) is 0 Å². The zero-order chi connectivity index (χ0) is 11.5. The van der Waals surface area contributed by atoms with Crippen LogP contribution in [0.4, 0.5) is 0 Å². The lowest BCUT2D eigenvalue weighted by Crippen LogP contribution is -2.13. The van der Waals surface area contributed by atoms with Gasteiger partial charge >= 0.3 is 0 Å². The van der Waals surface area contributed by atoms with E-state index in [-0.39, 0.29) is 0 Å². The van der Waals surface area contributed by atoms with Crippen LogP contribution < -0.4 is 5.73 Å². The molecule has 1 aliphatic heterocycles. The van der Waals surface area contributed by atoms with Crippen LogP contribution in [-0.2, 0) is 6.42 Å². The van der Waals surface area contributed by atoms with E-state index in [1.165, 1.54) is 35.1 Å². The second-order valence-corrected chi connectivity index (χ2v) is 5.98. The minimum Gasteiger partial charge on any atom is -0.330 e. The van der Waals surface area contributed by atoms with Gasteiger partial charge in [-0.15, -0.1) is 11.3 Å². The van der Waals surface area contributed by atoms with Gasteiger partial charge in [-0.05, 0) is 39.9 Å². The van der Waals surface area contributed by atoms with E-state index < -0.39 is 0 Å². The molecule has 0 radical (unpaired) electrons. The average molecular weight is 239 g/mol. The predicted molar refractivity (Wildman–Crippen MR) is 69.1 cm³/mol. The number of hydrogen-bond donors (Lipinski definition) is 1. The molecule has 0 amide bonds. The van der Waals surface area contributed by atoms with E-state index in [4.69, 9.17) is 10.7 Å². The topological polar surface area (TPSA) is 42.1 Å². The monoisotopic (exact) mass is 239 g/mol. The van der Waals surface area contributed by atoms with E-state index in [1.807, 2.05) is 11.3 Å². The van der Waals surface area contributed by atoms with E-state index in [0.717, 1.165) is 19.4 Å². The summed E-state index contributed by atoms with van der Waals surface area (Å²) in [5.74, 6) is 0.660. The van der Waals surface area contributed by atoms with Crippen molar-refractivity contribution in [2.45, 2.75) is 32.1 Å². The van der Waals surface area contributed by atoms with Gasteiger partial charge in [0.25, 0.3) is 0 Å². The van der Waals surface area contributed by atoms with Crippen molar-refractivity contribution in [3.8, 4) is 0 Å². The number of thiazole rings is 1. The number of rotatable bonds is 4. The van der Waals surface area contributed by atoms with Gasteiger partial charge in [0.15, 0.2) is 0 Å². The molecule has 1 aromatic heterocycles. The molecule has 2 heterocycles. The van der Waals surface area contributed by atoms with E-state index in [0.29, 0.717) is 5.92 Å². The summed E-state index contributed by atoms with van der Waals surface area (Å²) >= 11 is 1.86. The van der Waals surface area contributed by atoms with E-state index >= 15 is 0 Å². The minimum atomic E-state index is 0.660. The number of likely N-dealkylation sites (tertiary alicyclic amines) is 1. The molecule has 1 fully saturated rings. The fourth-order valence-corrected chi connectivity index (χ4v) is 3.42. The molecule has 90 valence electrons. The summed E-state index contributed by atoms with van der Waals surface area (Å²) in [6, 6.07) is 0. The van der Waals surface area contributed by atoms with E-state index in [1.54, 1.807) is 0 Å². The van der Waals surface area contributed by atoms with Gasteiger partial charge in [-0.1, -0.05) is 0 Å². The third-order valence-corrected chi connectivity index (χ3v) is 4.30. The van der Waals surface area contributed by atoms with Crippen molar-refractivity contribution >= 4 is 11.3 Å². The third-order valence-electron chi connectivity index (χ3n) is 3.25. The zero-order valence-electron chi connectivity index (χ0n) is 10.2. The van der Waals surface area contributed by atoms with Gasteiger partial charge in [-0.2, -0.15) is 0 Å². The Kier molecular flexibility index (Phi) is 3.95. The van der Waals surface area contributed by atoms with Crippen molar-refractivity contribution in [3.05, 3.63) is 15.6 Å². The van der Waals surface area contributed by atoms with E-state index in [9.17, 15) is 0 Å². The van der Waals surface area contributed by atoms with Crippen molar-refractivity contribution in [3.63, 3.8) is 0 Å². The number of aromatic nitrogens is 1. The van der Waals surface area contributed by atoms with Gasteiger partial charge in [0.05, 0.1) is 10.7 Å². The van der Waals surface area contributed by atoms with Gasteiger partial charge in [-0.3, -0.25) is 0 Å². The summed E-state index contributed by atoms with van der Waals surface area (Å²) < 4.78 is 0. The van der Waals surface area contributed by atoms with Gasteiger partial charge in [0.2, 0.25) is 0 Å². The predicted octanol–water partition coefficient (Wildman–Crippen LogP) is 1.76. The normalized spacial score (nSPS) is 21.8. The summed E-state index contributed by atoms with van der Waals surface area (Å²) in [6.07, 6.45) is 3.36. The van der Waals surface area contributed by atoms with E-state index in [2.05, 4.69) is 18.9 Å². The maximum atomic E-state index is 5.53. The van der Waals surface area contributed by atoms with Gasteiger partial charge in [0, 0.05) is 23.8 Å². The summed E-state index contributed by atoms with van der Waals surface area (Å²) in [5.41, 5.74) is 6.88. The van der Waals surface area contributed by atoms with Crippen LogP contribution in [0.2, 0.25) is 0 Å². The lowest BCUT2D eigenvalue weighted by atomic mass is 10.0. The Bertz CT molecular complexity index is 348. The molecule has 2 N–H and O–H groups in total. The Morgan fingerprint density at radius 2 is 2.38 bits per heavy atom. The quantitative estimate of drug-likeness (QED) is 0.870. The maximum absolute atomic E-state index is 5.53. The smallest absolute Gasteiger partial charge is 0.0931 e. The first-order valence-corrected chi connectivity index (χ1v) is 6.87. The number of hydrogen-bond acceptors (Lipinski definition) is 4. The van der Waals surface area contributed by atoms with Crippen LogP contribution in [0.15, 0.2) is 0 Å². The van der Waals surface area contributed by atoms with Crippen LogP contribution in [-0.4, -0.2) is 36.6 Å². The highest BCUT2D eigenvalue weighted by Gasteiger charge is 2.25. The standard InChI is InChI=1S/C12H21N3S/c1-9-12(10-5-7-15(2)8-10)14-11(16-9)4-3-6-13/h10H,3-8,13H2,1-2H3. The molecule has 1 unspecified atom stereocenters. The number of nitrogens with two attached hydrogens (primary N) is 1. The summed E-state index contributed by atoms with van der Waals surface area (Å²) in [6.45, 7) is 5.35. The first-order valence-electron chi connectivity index (χ1n) is 6.05. The number of likely N-dealkylation sites (N-methyl/N-ethyl adjacent to an activating group) is 1. The first-order chi connectivity index (χ1) is 7.70. The number of nitrogens with zero attached hydrogens (tertiary/aromatic N) is 2. The van der Waals surface area contributed by atoms with Gasteiger partial charge in [-0.25, -0.2) is 4.98 Å². The molecule has 1 saturated heterocycles. The van der Waals surface area contributed by atoms with Crippen molar-refractivity contribution in [2.24, 2.45) is 5.73 Å². The highest BCUT2D eigenvalue weighted by atomic mass is 32.1. The second-order valence-electron chi connectivity index (χ2n) is 4.69. The molecular weight excluding hydrogens is 218 g/mol. The molecule has 0 aliphatic carbocycles. The van der Waals surface area contributed by atoms with Gasteiger partial charge in [0.1, 0.15) is 0 Å². The minimum absolute atomic E-state index is 0.660.